The Bertz CT molecular complexity index is 1480. The number of pyridine rings is 1. The van der Waals surface area contributed by atoms with E-state index in [4.69, 9.17) is 4.98 Å². The Morgan fingerprint density at radius 1 is 1.08 bits per heavy atom. The Labute approximate surface area is 221 Å². The number of rotatable bonds is 7. The Morgan fingerprint density at radius 3 is 2.45 bits per heavy atom. The summed E-state index contributed by atoms with van der Waals surface area (Å²) in [5.41, 5.74) is 1.55. The summed E-state index contributed by atoms with van der Waals surface area (Å²) in [6.07, 6.45) is 3.17. The van der Waals surface area contributed by atoms with Gasteiger partial charge in [0.2, 0.25) is 5.95 Å². The Kier molecular flexibility index (Phi) is 7.63. The van der Waals surface area contributed by atoms with Crippen LogP contribution >= 0.6 is 0 Å². The largest absolute Gasteiger partial charge is 0.412 e. The molecule has 0 spiro atoms. The van der Waals surface area contributed by atoms with Crippen molar-refractivity contribution in [2.75, 3.05) is 43.4 Å². The number of aromatic nitrogens is 5. The van der Waals surface area contributed by atoms with Gasteiger partial charge >= 0.3 is 0 Å². The molecular weight excluding hydrogens is 484 g/mol. The minimum atomic E-state index is -1.14. The highest BCUT2D eigenvalue weighted by atomic mass is 16.3. The molecule has 0 aliphatic carbocycles. The van der Waals surface area contributed by atoms with Crippen LogP contribution in [0.1, 0.15) is 19.5 Å². The Balaban J connectivity index is 0.00000336. The van der Waals surface area contributed by atoms with Crippen molar-refractivity contribution in [1.82, 2.24) is 29.2 Å². The number of allylic oxidation sites excluding steroid dienone is 1. The zero-order valence-electron chi connectivity index (χ0n) is 21.9. The lowest BCUT2D eigenvalue weighted by atomic mass is 10.1. The SMILES string of the molecule is C=CCn1c(=O)c2cnc(Nc3ccc(N4CCN(C)CC4)cc3)nc2n1-c1cccc(C(C)(C)O)n1.O. The number of likely N-dealkylation sites (N-methyl/N-ethyl adjacent to an activating group) is 1. The summed E-state index contributed by atoms with van der Waals surface area (Å²) in [4.78, 5) is 31.6. The highest BCUT2D eigenvalue weighted by Crippen LogP contribution is 2.23. The molecule has 0 atom stereocenters. The van der Waals surface area contributed by atoms with Gasteiger partial charge in [0.1, 0.15) is 11.0 Å². The van der Waals surface area contributed by atoms with E-state index in [1.807, 2.05) is 12.1 Å². The Hall–Kier alpha value is -4.06. The van der Waals surface area contributed by atoms with Crippen molar-refractivity contribution < 1.29 is 10.6 Å². The van der Waals surface area contributed by atoms with E-state index in [2.05, 4.69) is 50.8 Å². The van der Waals surface area contributed by atoms with E-state index in [1.54, 1.807) is 42.8 Å². The number of benzene rings is 1. The smallest absolute Gasteiger partial charge is 0.278 e. The van der Waals surface area contributed by atoms with Gasteiger partial charge < -0.3 is 25.7 Å². The zero-order valence-corrected chi connectivity index (χ0v) is 21.9. The number of nitrogens with zero attached hydrogens (tertiary/aromatic N) is 7. The molecular formula is C27H34N8O3. The van der Waals surface area contributed by atoms with Gasteiger partial charge in [-0.25, -0.2) is 19.3 Å². The number of anilines is 3. The van der Waals surface area contributed by atoms with Crippen molar-refractivity contribution in [2.45, 2.75) is 26.0 Å². The standard InChI is InChI=1S/C27H32N8O2.H2O/c1-5-13-34-25(36)21-18-28-26(29-19-9-11-20(12-10-19)33-16-14-32(4)15-17-33)31-24(21)35(34)23-8-6-7-22(30-23)27(2,3)37;/h5-12,18,37H,1,13-17H2,2-4H3,(H,28,29,31);1H2. The fraction of sp³-hybridized carbons (Fsp3) is 0.333. The van der Waals surface area contributed by atoms with Gasteiger partial charge in [-0.3, -0.25) is 4.79 Å². The lowest BCUT2D eigenvalue weighted by molar-refractivity contribution is 0.0738. The van der Waals surface area contributed by atoms with E-state index in [1.165, 1.54) is 16.6 Å². The first-order valence-corrected chi connectivity index (χ1v) is 12.3. The van der Waals surface area contributed by atoms with Crippen LogP contribution in [0.2, 0.25) is 0 Å². The number of aliphatic hydroxyl groups is 1. The van der Waals surface area contributed by atoms with Crippen molar-refractivity contribution in [3.8, 4) is 5.82 Å². The topological polar surface area (TPSA) is 136 Å². The zero-order chi connectivity index (χ0) is 26.2. The van der Waals surface area contributed by atoms with Crippen LogP contribution in [0.25, 0.3) is 16.9 Å². The lowest BCUT2D eigenvalue weighted by Crippen LogP contribution is -2.44. The van der Waals surface area contributed by atoms with E-state index in [9.17, 15) is 9.90 Å². The summed E-state index contributed by atoms with van der Waals surface area (Å²) < 4.78 is 3.16. The summed E-state index contributed by atoms with van der Waals surface area (Å²) in [6, 6.07) is 13.5. The predicted octanol–water partition coefficient (Wildman–Crippen LogP) is 2.06. The van der Waals surface area contributed by atoms with Crippen LogP contribution in [0.5, 0.6) is 0 Å². The molecule has 3 aromatic heterocycles. The molecule has 1 saturated heterocycles. The third-order valence-corrected chi connectivity index (χ3v) is 6.55. The molecule has 1 aliphatic rings. The van der Waals surface area contributed by atoms with Crippen LogP contribution in [0.3, 0.4) is 0 Å². The highest BCUT2D eigenvalue weighted by molar-refractivity contribution is 5.77. The van der Waals surface area contributed by atoms with Crippen molar-refractivity contribution in [2.24, 2.45) is 0 Å². The molecule has 0 amide bonds. The van der Waals surface area contributed by atoms with Gasteiger partial charge in [0.15, 0.2) is 11.5 Å². The van der Waals surface area contributed by atoms with Gasteiger partial charge in [-0.05, 0) is 57.3 Å². The van der Waals surface area contributed by atoms with Crippen molar-refractivity contribution in [1.29, 1.82) is 0 Å². The molecule has 1 fully saturated rings. The van der Waals surface area contributed by atoms with E-state index in [0.29, 0.717) is 28.5 Å². The molecule has 0 unspecified atom stereocenters. The van der Waals surface area contributed by atoms with E-state index < -0.39 is 5.60 Å². The fourth-order valence-electron chi connectivity index (χ4n) is 4.44. The van der Waals surface area contributed by atoms with Crippen LogP contribution in [-0.4, -0.2) is 73.0 Å². The van der Waals surface area contributed by atoms with Crippen LogP contribution in [-0.2, 0) is 12.1 Å². The molecule has 200 valence electrons. The first kappa shape index (κ1) is 27.0. The normalized spacial score (nSPS) is 14.4. The fourth-order valence-corrected chi connectivity index (χ4v) is 4.44. The van der Waals surface area contributed by atoms with Gasteiger partial charge in [-0.15, -0.1) is 6.58 Å². The van der Waals surface area contributed by atoms with Crippen LogP contribution < -0.4 is 15.8 Å². The minimum Gasteiger partial charge on any atom is -0.412 e. The second-order valence-corrected chi connectivity index (χ2v) is 9.82. The quantitative estimate of drug-likeness (QED) is 0.355. The molecule has 4 aromatic rings. The van der Waals surface area contributed by atoms with Gasteiger partial charge in [0.05, 0.1) is 12.2 Å². The maximum Gasteiger partial charge on any atom is 0.278 e. The summed E-state index contributed by atoms with van der Waals surface area (Å²) >= 11 is 0. The molecule has 4 N–H and O–H groups in total. The van der Waals surface area contributed by atoms with Crippen LogP contribution in [0, 0.1) is 0 Å². The molecule has 11 nitrogen and oxygen atoms in total. The lowest BCUT2D eigenvalue weighted by Gasteiger charge is -2.34. The molecule has 0 radical (unpaired) electrons. The molecule has 0 bridgehead atoms. The molecule has 5 rings (SSSR count). The third-order valence-electron chi connectivity index (χ3n) is 6.55. The van der Waals surface area contributed by atoms with Crippen molar-refractivity contribution in [3.63, 3.8) is 0 Å². The summed E-state index contributed by atoms with van der Waals surface area (Å²) in [6.45, 7) is 11.5. The second-order valence-electron chi connectivity index (χ2n) is 9.82. The van der Waals surface area contributed by atoms with Gasteiger partial charge in [-0.1, -0.05) is 12.1 Å². The van der Waals surface area contributed by atoms with E-state index in [-0.39, 0.29) is 17.6 Å². The summed E-state index contributed by atoms with van der Waals surface area (Å²) in [5, 5.41) is 14.1. The number of hydrogen-bond acceptors (Lipinski definition) is 8. The number of piperazine rings is 1. The summed E-state index contributed by atoms with van der Waals surface area (Å²) in [5.74, 6) is 0.831. The van der Waals surface area contributed by atoms with Crippen LogP contribution in [0.15, 0.2) is 66.1 Å². The van der Waals surface area contributed by atoms with Gasteiger partial charge in [-0.2, -0.15) is 4.98 Å². The second kappa shape index (κ2) is 10.7. The van der Waals surface area contributed by atoms with E-state index >= 15 is 0 Å². The number of fused-ring (bicyclic) bond motifs is 1. The van der Waals surface area contributed by atoms with Gasteiger partial charge in [0.25, 0.3) is 5.56 Å². The monoisotopic (exact) mass is 518 g/mol. The number of hydrogen-bond donors (Lipinski definition) is 2. The van der Waals surface area contributed by atoms with Gasteiger partial charge in [0, 0.05) is 43.8 Å². The van der Waals surface area contributed by atoms with E-state index in [0.717, 1.165) is 31.9 Å². The number of nitrogens with one attached hydrogen (secondary N) is 1. The molecule has 38 heavy (non-hydrogen) atoms. The molecule has 4 heterocycles. The first-order valence-electron chi connectivity index (χ1n) is 12.3. The molecule has 1 aromatic carbocycles. The maximum absolute atomic E-state index is 13.2. The van der Waals surface area contributed by atoms with Crippen molar-refractivity contribution in [3.05, 3.63) is 77.4 Å². The average Bonchev–Trinajstić information content (AvgIpc) is 3.15. The first-order chi connectivity index (χ1) is 17.7. The summed E-state index contributed by atoms with van der Waals surface area (Å²) in [7, 11) is 2.15. The predicted molar refractivity (Wildman–Crippen MR) is 149 cm³/mol. The minimum absolute atomic E-state index is 0. The molecule has 11 heteroatoms. The molecule has 1 aliphatic heterocycles. The highest BCUT2D eigenvalue weighted by Gasteiger charge is 2.22. The van der Waals surface area contributed by atoms with Crippen molar-refractivity contribution >= 4 is 28.4 Å². The average molecular weight is 519 g/mol. The molecule has 0 saturated carbocycles. The van der Waals surface area contributed by atoms with Crippen LogP contribution in [0.4, 0.5) is 17.3 Å². The maximum atomic E-state index is 13.2. The Morgan fingerprint density at radius 2 is 1.79 bits per heavy atom. The third kappa shape index (κ3) is 5.30.